The molecule has 0 bridgehead atoms. The number of carbonyl (C=O) groups is 1. The Balaban J connectivity index is 2.05. The van der Waals surface area contributed by atoms with Crippen molar-refractivity contribution in [2.24, 2.45) is 0 Å². The first-order chi connectivity index (χ1) is 13.4. The van der Waals surface area contributed by atoms with Crippen molar-refractivity contribution >= 4 is 23.3 Å². The predicted octanol–water partition coefficient (Wildman–Crippen LogP) is 3.53. The number of thiocarbonyl (C=S) groups is 1. The normalized spacial score (nSPS) is 19.6. The summed E-state index contributed by atoms with van der Waals surface area (Å²) in [5.74, 6) is -0.425. The fourth-order valence-electron chi connectivity index (χ4n) is 3.31. The summed E-state index contributed by atoms with van der Waals surface area (Å²) in [6.07, 6.45) is 1.99. The number of methoxy groups -OCH3 is 1. The Kier molecular flexibility index (Phi) is 6.02. The van der Waals surface area contributed by atoms with Gasteiger partial charge in [0.2, 0.25) is 0 Å². The highest BCUT2D eigenvalue weighted by Crippen LogP contribution is 2.40. The summed E-state index contributed by atoms with van der Waals surface area (Å²) in [7, 11) is 1.36. The van der Waals surface area contributed by atoms with E-state index in [4.69, 9.17) is 21.7 Å². The number of rotatable bonds is 7. The first kappa shape index (κ1) is 20.3. The van der Waals surface area contributed by atoms with Crippen molar-refractivity contribution in [2.45, 2.75) is 45.4 Å². The monoisotopic (exact) mass is 412 g/mol. The van der Waals surface area contributed by atoms with E-state index in [9.17, 15) is 13.6 Å². The van der Waals surface area contributed by atoms with E-state index in [0.717, 1.165) is 12.8 Å². The molecule has 0 amide bonds. The maximum atomic E-state index is 12.8. The van der Waals surface area contributed by atoms with E-state index in [2.05, 4.69) is 10.1 Å². The number of carbonyl (C=O) groups excluding carboxylic acids is 1. The van der Waals surface area contributed by atoms with Crippen LogP contribution in [0.25, 0.3) is 0 Å². The molecule has 6 nitrogen and oxygen atoms in total. The Bertz CT molecular complexity index is 811. The summed E-state index contributed by atoms with van der Waals surface area (Å²) in [5.41, 5.74) is 1.65. The minimum atomic E-state index is -3.00. The van der Waals surface area contributed by atoms with Crippen molar-refractivity contribution in [3.05, 3.63) is 35.0 Å². The zero-order valence-corrected chi connectivity index (χ0v) is 16.6. The number of nitrogens with one attached hydrogen (secondary N) is 1. The minimum absolute atomic E-state index is 0.117. The lowest BCUT2D eigenvalue weighted by Crippen LogP contribution is -2.48. The van der Waals surface area contributed by atoms with Crippen molar-refractivity contribution < 1.29 is 27.8 Å². The van der Waals surface area contributed by atoms with E-state index in [-0.39, 0.29) is 24.1 Å². The molecule has 1 atom stereocenters. The smallest absolute Gasteiger partial charge is 0.387 e. The SMILES string of the molecule is CCOC(=O)C1=C(C)N(C2CC2)C(=S)NC1c1ccc(OC)c(OC(F)F)c1. The van der Waals surface area contributed by atoms with Crippen LogP contribution in [0.2, 0.25) is 0 Å². The van der Waals surface area contributed by atoms with Crippen molar-refractivity contribution in [2.75, 3.05) is 13.7 Å². The predicted molar refractivity (Wildman–Crippen MR) is 102 cm³/mol. The quantitative estimate of drug-likeness (QED) is 0.543. The van der Waals surface area contributed by atoms with Gasteiger partial charge in [0.05, 0.1) is 25.3 Å². The summed E-state index contributed by atoms with van der Waals surface area (Å²) >= 11 is 5.51. The number of hydrogen-bond donors (Lipinski definition) is 1. The Morgan fingerprint density at radius 2 is 2.07 bits per heavy atom. The third kappa shape index (κ3) is 4.04. The number of nitrogens with zero attached hydrogens (tertiary/aromatic N) is 1. The fraction of sp³-hybridized carbons (Fsp3) is 0.474. The standard InChI is InChI=1S/C19H22F2N2O4S/c1-4-26-17(24)15-10(2)23(12-6-7-12)19(28)22-16(15)11-5-8-13(25-3)14(9-11)27-18(20)21/h5,8-9,12,16,18H,4,6-7H2,1-3H3,(H,22,28). The van der Waals surface area contributed by atoms with Gasteiger partial charge < -0.3 is 24.4 Å². The lowest BCUT2D eigenvalue weighted by molar-refractivity contribution is -0.139. The highest BCUT2D eigenvalue weighted by Gasteiger charge is 2.41. The molecule has 3 rings (SSSR count). The van der Waals surface area contributed by atoms with Gasteiger partial charge in [0.1, 0.15) is 0 Å². The maximum absolute atomic E-state index is 12.8. The van der Waals surface area contributed by atoms with Gasteiger partial charge in [-0.15, -0.1) is 0 Å². The van der Waals surface area contributed by atoms with Gasteiger partial charge in [0.15, 0.2) is 16.6 Å². The molecule has 1 saturated carbocycles. The number of halogens is 2. The summed E-state index contributed by atoms with van der Waals surface area (Å²) in [6.45, 7) is 0.768. The van der Waals surface area contributed by atoms with Crippen LogP contribution >= 0.6 is 12.2 Å². The van der Waals surface area contributed by atoms with Crippen LogP contribution in [0.15, 0.2) is 29.5 Å². The van der Waals surface area contributed by atoms with Crippen LogP contribution in [-0.2, 0) is 9.53 Å². The Morgan fingerprint density at radius 3 is 2.64 bits per heavy atom. The molecule has 1 aliphatic carbocycles. The van der Waals surface area contributed by atoms with Crippen LogP contribution in [0, 0.1) is 0 Å². The average molecular weight is 412 g/mol. The number of esters is 1. The molecule has 1 N–H and O–H groups in total. The van der Waals surface area contributed by atoms with Crippen LogP contribution in [0.4, 0.5) is 8.78 Å². The summed E-state index contributed by atoms with van der Waals surface area (Å²) in [5, 5.41) is 3.65. The second kappa shape index (κ2) is 8.30. The van der Waals surface area contributed by atoms with Crippen molar-refractivity contribution in [3.63, 3.8) is 0 Å². The average Bonchev–Trinajstić information content (AvgIpc) is 3.45. The van der Waals surface area contributed by atoms with E-state index in [0.29, 0.717) is 21.9 Å². The van der Waals surface area contributed by atoms with Crippen LogP contribution in [0.3, 0.4) is 0 Å². The lowest BCUT2D eigenvalue weighted by atomic mass is 9.94. The first-order valence-corrected chi connectivity index (χ1v) is 9.38. The molecule has 1 heterocycles. The zero-order valence-electron chi connectivity index (χ0n) is 15.8. The molecule has 0 spiro atoms. The van der Waals surface area contributed by atoms with Crippen molar-refractivity contribution in [3.8, 4) is 11.5 Å². The van der Waals surface area contributed by atoms with Gasteiger partial charge in [-0.05, 0) is 56.6 Å². The Labute approximate surface area is 167 Å². The summed E-state index contributed by atoms with van der Waals surface area (Å²) in [6, 6.07) is 4.23. The topological polar surface area (TPSA) is 60.0 Å². The molecule has 1 unspecified atom stereocenters. The van der Waals surface area contributed by atoms with Gasteiger partial charge in [-0.25, -0.2) is 4.79 Å². The van der Waals surface area contributed by atoms with Gasteiger partial charge in [-0.2, -0.15) is 8.78 Å². The first-order valence-electron chi connectivity index (χ1n) is 8.97. The van der Waals surface area contributed by atoms with Crippen LogP contribution in [0.1, 0.15) is 38.3 Å². The molecular weight excluding hydrogens is 390 g/mol. The summed E-state index contributed by atoms with van der Waals surface area (Å²) < 4.78 is 40.5. The van der Waals surface area contributed by atoms with E-state index < -0.39 is 18.6 Å². The molecule has 0 aromatic heterocycles. The number of hydrogen-bond acceptors (Lipinski definition) is 5. The molecule has 9 heteroatoms. The molecular formula is C19H22F2N2O4S. The van der Waals surface area contributed by atoms with Crippen LogP contribution in [0.5, 0.6) is 11.5 Å². The molecule has 0 saturated heterocycles. The molecule has 28 heavy (non-hydrogen) atoms. The molecule has 0 radical (unpaired) electrons. The number of allylic oxidation sites excluding steroid dienone is 1. The van der Waals surface area contributed by atoms with Crippen molar-refractivity contribution in [1.82, 2.24) is 10.2 Å². The van der Waals surface area contributed by atoms with Gasteiger partial charge in [-0.1, -0.05) is 6.07 Å². The highest BCUT2D eigenvalue weighted by molar-refractivity contribution is 7.80. The van der Waals surface area contributed by atoms with E-state index in [1.807, 2.05) is 11.8 Å². The molecule has 1 aromatic carbocycles. The molecule has 1 fully saturated rings. The Hall–Kier alpha value is -2.42. The van der Waals surface area contributed by atoms with Gasteiger partial charge in [-0.3, -0.25) is 0 Å². The fourth-order valence-corrected chi connectivity index (χ4v) is 3.72. The van der Waals surface area contributed by atoms with E-state index >= 15 is 0 Å². The van der Waals surface area contributed by atoms with Gasteiger partial charge >= 0.3 is 12.6 Å². The molecule has 1 aromatic rings. The Morgan fingerprint density at radius 1 is 1.36 bits per heavy atom. The lowest BCUT2D eigenvalue weighted by Gasteiger charge is -2.37. The van der Waals surface area contributed by atoms with E-state index in [1.165, 1.54) is 19.2 Å². The number of ether oxygens (including phenoxy) is 3. The number of benzene rings is 1. The third-order valence-electron chi connectivity index (χ3n) is 4.67. The largest absolute Gasteiger partial charge is 0.493 e. The van der Waals surface area contributed by atoms with Gasteiger partial charge in [0, 0.05) is 11.7 Å². The second-order valence-corrected chi connectivity index (χ2v) is 6.88. The second-order valence-electron chi connectivity index (χ2n) is 6.49. The minimum Gasteiger partial charge on any atom is -0.493 e. The van der Waals surface area contributed by atoms with Crippen LogP contribution in [-0.4, -0.2) is 42.4 Å². The molecule has 2 aliphatic rings. The van der Waals surface area contributed by atoms with Crippen molar-refractivity contribution in [1.29, 1.82) is 0 Å². The third-order valence-corrected chi connectivity index (χ3v) is 4.99. The maximum Gasteiger partial charge on any atom is 0.387 e. The number of alkyl halides is 2. The molecule has 152 valence electrons. The summed E-state index contributed by atoms with van der Waals surface area (Å²) in [4.78, 5) is 14.6. The zero-order chi connectivity index (χ0) is 20.4. The van der Waals surface area contributed by atoms with E-state index in [1.54, 1.807) is 13.0 Å². The van der Waals surface area contributed by atoms with Gasteiger partial charge in [0.25, 0.3) is 0 Å². The van der Waals surface area contributed by atoms with Crippen LogP contribution < -0.4 is 14.8 Å². The highest BCUT2D eigenvalue weighted by atomic mass is 32.1. The molecule has 1 aliphatic heterocycles.